The number of benzene rings is 8. The third kappa shape index (κ3) is 5.66. The Labute approximate surface area is 333 Å². The summed E-state index contributed by atoms with van der Waals surface area (Å²) in [6, 6.07) is 56.6. The first-order valence-corrected chi connectivity index (χ1v) is 19.1. The van der Waals surface area contributed by atoms with E-state index in [0.29, 0.717) is 33.4 Å². The summed E-state index contributed by atoms with van der Waals surface area (Å²) in [5.41, 5.74) is 10.7. The van der Waals surface area contributed by atoms with Gasteiger partial charge in [-0.3, -0.25) is 0 Å². The maximum atomic E-state index is 15.5. The van der Waals surface area contributed by atoms with E-state index in [9.17, 15) is 5.26 Å². The first-order valence-electron chi connectivity index (χ1n) is 19.1. The predicted octanol–water partition coefficient (Wildman–Crippen LogP) is 14.4. The molecule has 0 N–H and O–H groups in total. The van der Waals surface area contributed by atoms with Gasteiger partial charge in [-0.25, -0.2) is 0 Å². The normalized spacial score (nSPS) is 11.9. The van der Waals surface area contributed by atoms with Crippen LogP contribution in [0.1, 0.15) is 22.3 Å². The van der Waals surface area contributed by atoms with Gasteiger partial charge in [0.2, 0.25) is 0 Å². The Balaban J connectivity index is 1.28. The molecular weight excluding hydrogens is 724 g/mol. The Bertz CT molecular complexity index is 3320. The summed E-state index contributed by atoms with van der Waals surface area (Å²) in [5, 5.41) is 14.0. The van der Waals surface area contributed by atoms with E-state index in [2.05, 4.69) is 72.2 Å². The van der Waals surface area contributed by atoms with E-state index in [-0.39, 0.29) is 5.69 Å². The Hall–Kier alpha value is -7.36. The molecule has 10 aromatic rings. The third-order valence-electron chi connectivity index (χ3n) is 11.3. The summed E-state index contributed by atoms with van der Waals surface area (Å²) in [7, 11) is 0. The van der Waals surface area contributed by atoms with Gasteiger partial charge in [-0.2, -0.15) is 18.4 Å². The average molecular weight is 758 g/mol. The van der Waals surface area contributed by atoms with Gasteiger partial charge in [0.05, 0.1) is 50.6 Å². The first kappa shape index (κ1) is 35.1. The first-order chi connectivity index (χ1) is 28.2. The molecule has 0 bridgehead atoms. The molecule has 10 rings (SSSR count). The topological polar surface area (TPSA) is 33.6 Å². The standard InChI is InChI=1S/C52H34F3N3/c1-32-10-7-12-35(26-32)37-21-24-49-43(29-37)39-14-3-5-18-46(39)57(49)48-23-20-34(31-56)28-42(48)41-16-9-17-45(52(53,54)55)51(41)58-47-19-6-4-15-40(47)44-30-38(22-25-50(44)58)36-13-8-11-33(2)27-36/h3-30H,1-2H3. The van der Waals surface area contributed by atoms with E-state index >= 15 is 13.2 Å². The molecule has 0 amide bonds. The van der Waals surface area contributed by atoms with Crippen molar-refractivity contribution in [1.82, 2.24) is 9.13 Å². The van der Waals surface area contributed by atoms with Crippen LogP contribution in [0, 0.1) is 25.2 Å². The second kappa shape index (κ2) is 13.4. The van der Waals surface area contributed by atoms with Gasteiger partial charge in [-0.15, -0.1) is 0 Å². The van der Waals surface area contributed by atoms with Crippen molar-refractivity contribution < 1.29 is 13.2 Å². The Morgan fingerprint density at radius 1 is 0.448 bits per heavy atom. The van der Waals surface area contributed by atoms with Crippen LogP contribution >= 0.6 is 0 Å². The van der Waals surface area contributed by atoms with Crippen molar-refractivity contribution in [1.29, 1.82) is 5.26 Å². The molecule has 8 aromatic carbocycles. The summed E-state index contributed by atoms with van der Waals surface area (Å²) in [4.78, 5) is 0. The van der Waals surface area contributed by atoms with Gasteiger partial charge in [-0.05, 0) is 96.8 Å². The van der Waals surface area contributed by atoms with Gasteiger partial charge >= 0.3 is 6.18 Å². The van der Waals surface area contributed by atoms with E-state index in [4.69, 9.17) is 0 Å². The number of fused-ring (bicyclic) bond motifs is 6. The molecule has 58 heavy (non-hydrogen) atoms. The van der Waals surface area contributed by atoms with Crippen LogP contribution in [0.15, 0.2) is 170 Å². The quantitative estimate of drug-likeness (QED) is 0.172. The fourth-order valence-corrected chi connectivity index (χ4v) is 8.70. The molecule has 6 heteroatoms. The predicted molar refractivity (Wildman–Crippen MR) is 231 cm³/mol. The molecule has 2 aromatic heterocycles. The van der Waals surface area contributed by atoms with Crippen molar-refractivity contribution in [3.8, 4) is 50.8 Å². The van der Waals surface area contributed by atoms with Crippen molar-refractivity contribution in [2.75, 3.05) is 0 Å². The van der Waals surface area contributed by atoms with E-state index in [1.54, 1.807) is 22.8 Å². The molecule has 0 spiro atoms. The number of aryl methyl sites for hydroxylation is 2. The summed E-state index contributed by atoms with van der Waals surface area (Å²) in [6.45, 7) is 4.12. The maximum absolute atomic E-state index is 15.5. The molecular formula is C52H34F3N3. The molecule has 0 radical (unpaired) electrons. The van der Waals surface area contributed by atoms with Crippen molar-refractivity contribution in [2.45, 2.75) is 20.0 Å². The van der Waals surface area contributed by atoms with Gasteiger partial charge in [0.1, 0.15) is 0 Å². The lowest BCUT2D eigenvalue weighted by Crippen LogP contribution is -2.12. The second-order valence-electron chi connectivity index (χ2n) is 15.0. The zero-order chi connectivity index (χ0) is 39.7. The zero-order valence-corrected chi connectivity index (χ0v) is 31.6. The largest absolute Gasteiger partial charge is 0.418 e. The third-order valence-corrected chi connectivity index (χ3v) is 11.3. The maximum Gasteiger partial charge on any atom is 0.418 e. The highest BCUT2D eigenvalue weighted by molar-refractivity contribution is 6.13. The van der Waals surface area contributed by atoms with E-state index in [1.807, 2.05) is 91.9 Å². The minimum Gasteiger partial charge on any atom is -0.309 e. The fraction of sp³-hybridized carbons (Fsp3) is 0.0577. The second-order valence-corrected chi connectivity index (χ2v) is 15.0. The highest BCUT2D eigenvalue weighted by Crippen LogP contribution is 2.46. The van der Waals surface area contributed by atoms with Crippen molar-refractivity contribution in [3.63, 3.8) is 0 Å². The van der Waals surface area contributed by atoms with Gasteiger partial charge in [0, 0.05) is 32.7 Å². The molecule has 3 nitrogen and oxygen atoms in total. The number of nitrogens with zero attached hydrogens (tertiary/aromatic N) is 3. The molecule has 0 atom stereocenters. The van der Waals surface area contributed by atoms with Gasteiger partial charge in [-0.1, -0.05) is 120 Å². The number of alkyl halides is 3. The monoisotopic (exact) mass is 757 g/mol. The number of hydrogen-bond donors (Lipinski definition) is 0. The Kier molecular flexibility index (Phi) is 8.10. The highest BCUT2D eigenvalue weighted by Gasteiger charge is 2.36. The van der Waals surface area contributed by atoms with Gasteiger partial charge in [0.15, 0.2) is 0 Å². The van der Waals surface area contributed by atoms with Crippen molar-refractivity contribution in [2.24, 2.45) is 0 Å². The van der Waals surface area contributed by atoms with Crippen molar-refractivity contribution in [3.05, 3.63) is 192 Å². The summed E-state index contributed by atoms with van der Waals surface area (Å²) >= 11 is 0. The van der Waals surface area contributed by atoms with Crippen molar-refractivity contribution >= 4 is 43.6 Å². The van der Waals surface area contributed by atoms with Crippen LogP contribution in [0.5, 0.6) is 0 Å². The minimum atomic E-state index is -4.70. The summed E-state index contributed by atoms with van der Waals surface area (Å²) < 4.78 is 50.5. The van der Waals surface area contributed by atoms with Crippen LogP contribution in [0.4, 0.5) is 13.2 Å². The lowest BCUT2D eigenvalue weighted by molar-refractivity contribution is -0.137. The fourth-order valence-electron chi connectivity index (χ4n) is 8.70. The number of para-hydroxylation sites is 3. The van der Waals surface area contributed by atoms with Crippen LogP contribution in [-0.4, -0.2) is 9.13 Å². The minimum absolute atomic E-state index is 0.00310. The number of rotatable bonds is 5. The number of nitriles is 1. The molecule has 0 saturated carbocycles. The Morgan fingerprint density at radius 2 is 0.966 bits per heavy atom. The number of halogens is 3. The summed E-state index contributed by atoms with van der Waals surface area (Å²) in [5.74, 6) is 0. The molecule has 0 fully saturated rings. The Morgan fingerprint density at radius 3 is 1.53 bits per heavy atom. The van der Waals surface area contributed by atoms with E-state index in [1.165, 1.54) is 6.07 Å². The molecule has 0 aliphatic carbocycles. The zero-order valence-electron chi connectivity index (χ0n) is 31.6. The van der Waals surface area contributed by atoms with Crippen LogP contribution < -0.4 is 0 Å². The lowest BCUT2D eigenvalue weighted by atomic mass is 9.95. The van der Waals surface area contributed by atoms with Crippen LogP contribution in [0.3, 0.4) is 0 Å². The molecule has 0 aliphatic rings. The van der Waals surface area contributed by atoms with Gasteiger partial charge < -0.3 is 9.13 Å². The smallest absolute Gasteiger partial charge is 0.309 e. The molecule has 2 heterocycles. The molecule has 0 unspecified atom stereocenters. The van der Waals surface area contributed by atoms with Crippen LogP contribution in [-0.2, 0) is 6.18 Å². The SMILES string of the molecule is Cc1cccc(-c2ccc3c(c2)c2ccccc2n3-c2ccc(C#N)cc2-c2cccc(C(F)(F)F)c2-n2c3ccccc3c3cc(-c4cccc(C)c4)ccc32)c1. The van der Waals surface area contributed by atoms with E-state index < -0.39 is 11.7 Å². The lowest BCUT2D eigenvalue weighted by Gasteiger charge is -2.22. The highest BCUT2D eigenvalue weighted by atomic mass is 19.4. The summed E-state index contributed by atoms with van der Waals surface area (Å²) in [6.07, 6.45) is -4.70. The van der Waals surface area contributed by atoms with Gasteiger partial charge in [0.25, 0.3) is 0 Å². The molecule has 0 saturated heterocycles. The molecule has 0 aliphatic heterocycles. The van der Waals surface area contributed by atoms with E-state index in [0.717, 1.165) is 72.0 Å². The van der Waals surface area contributed by atoms with Crippen LogP contribution in [0.25, 0.3) is 88.4 Å². The molecule has 278 valence electrons. The average Bonchev–Trinajstić information content (AvgIpc) is 3.75. The van der Waals surface area contributed by atoms with Crippen LogP contribution in [0.2, 0.25) is 0 Å². The number of hydrogen-bond acceptors (Lipinski definition) is 1. The number of aromatic nitrogens is 2.